The predicted molar refractivity (Wildman–Crippen MR) is 136 cm³/mol. The van der Waals surface area contributed by atoms with E-state index < -0.39 is 0 Å². The van der Waals surface area contributed by atoms with Gasteiger partial charge in [0.15, 0.2) is 0 Å². The minimum atomic E-state index is -0.0978. The zero-order valence-electron chi connectivity index (χ0n) is 21.2. The van der Waals surface area contributed by atoms with Crippen molar-refractivity contribution < 1.29 is 19.1 Å². The number of ether oxygens (including phenoxy) is 2. The summed E-state index contributed by atoms with van der Waals surface area (Å²) in [4.78, 5) is 33.5. The van der Waals surface area contributed by atoms with Gasteiger partial charge in [-0.05, 0) is 41.8 Å². The summed E-state index contributed by atoms with van der Waals surface area (Å²) in [5.74, 6) is 2.09. The van der Waals surface area contributed by atoms with Crippen LogP contribution in [0.15, 0.2) is 42.5 Å². The lowest BCUT2D eigenvalue weighted by Crippen LogP contribution is -2.51. The molecule has 0 radical (unpaired) electrons. The molecule has 2 fully saturated rings. The highest BCUT2D eigenvalue weighted by molar-refractivity contribution is 5.96. The largest absolute Gasteiger partial charge is 0.497 e. The van der Waals surface area contributed by atoms with E-state index in [4.69, 9.17) is 9.47 Å². The van der Waals surface area contributed by atoms with E-state index >= 15 is 0 Å². The monoisotopic (exact) mass is 480 g/mol. The minimum absolute atomic E-state index is 0.00830. The van der Waals surface area contributed by atoms with Gasteiger partial charge >= 0.3 is 6.03 Å². The van der Waals surface area contributed by atoms with Crippen molar-refractivity contribution in [1.29, 1.82) is 0 Å². The predicted octanol–water partition coefficient (Wildman–Crippen LogP) is 3.41. The van der Waals surface area contributed by atoms with Gasteiger partial charge in [0.05, 0.1) is 14.2 Å². The minimum Gasteiger partial charge on any atom is -0.497 e. The number of nitrogens with zero attached hydrogens (tertiary/aromatic N) is 4. The molecule has 188 valence electrons. The number of rotatable bonds is 8. The molecule has 0 saturated carbocycles. The summed E-state index contributed by atoms with van der Waals surface area (Å²) >= 11 is 0. The maximum Gasteiger partial charge on any atom is 0.325 e. The van der Waals surface area contributed by atoms with Crippen LogP contribution in [0.1, 0.15) is 30.9 Å². The number of hydrogen-bond acceptors (Lipinski definition) is 5. The van der Waals surface area contributed by atoms with Crippen LogP contribution >= 0.6 is 0 Å². The highest BCUT2D eigenvalue weighted by Gasteiger charge is 2.32. The van der Waals surface area contributed by atoms with Crippen LogP contribution in [0.2, 0.25) is 0 Å². The van der Waals surface area contributed by atoms with Gasteiger partial charge in [0.25, 0.3) is 0 Å². The summed E-state index contributed by atoms with van der Waals surface area (Å²) in [6, 6.07) is 13.8. The lowest BCUT2D eigenvalue weighted by Gasteiger charge is -2.35. The molecule has 8 heteroatoms. The van der Waals surface area contributed by atoms with Crippen molar-refractivity contribution in [2.75, 3.05) is 64.9 Å². The number of benzene rings is 2. The topological polar surface area (TPSA) is 65.6 Å². The molecule has 3 amide bonds. The maximum atomic E-state index is 13.0. The third-order valence-electron chi connectivity index (χ3n) is 6.90. The Labute approximate surface area is 208 Å². The number of carbonyl (C=O) groups excluding carboxylic acids is 2. The average molecular weight is 481 g/mol. The molecule has 0 unspecified atom stereocenters. The summed E-state index contributed by atoms with van der Waals surface area (Å²) in [5.41, 5.74) is 3.20. The molecule has 35 heavy (non-hydrogen) atoms. The van der Waals surface area contributed by atoms with E-state index in [9.17, 15) is 9.59 Å². The Balaban J connectivity index is 1.28. The third-order valence-corrected chi connectivity index (χ3v) is 6.90. The second kappa shape index (κ2) is 11.0. The van der Waals surface area contributed by atoms with Crippen LogP contribution < -0.4 is 14.4 Å². The summed E-state index contributed by atoms with van der Waals surface area (Å²) in [5, 5.41) is 0. The Morgan fingerprint density at radius 3 is 2.26 bits per heavy atom. The Hall–Kier alpha value is -3.26. The molecule has 2 aliphatic heterocycles. The highest BCUT2D eigenvalue weighted by Crippen LogP contribution is 2.26. The van der Waals surface area contributed by atoms with Crippen LogP contribution in [0, 0.1) is 0 Å². The van der Waals surface area contributed by atoms with Crippen molar-refractivity contribution in [1.82, 2.24) is 14.7 Å². The van der Waals surface area contributed by atoms with Crippen LogP contribution in [0.3, 0.4) is 0 Å². The van der Waals surface area contributed by atoms with E-state index in [1.165, 1.54) is 5.56 Å². The van der Waals surface area contributed by atoms with Gasteiger partial charge < -0.3 is 19.3 Å². The second-order valence-corrected chi connectivity index (χ2v) is 9.44. The van der Waals surface area contributed by atoms with E-state index in [1.807, 2.05) is 35.2 Å². The van der Waals surface area contributed by atoms with E-state index in [0.29, 0.717) is 32.1 Å². The van der Waals surface area contributed by atoms with Gasteiger partial charge in [-0.25, -0.2) is 4.79 Å². The highest BCUT2D eigenvalue weighted by atomic mass is 16.5. The molecule has 2 heterocycles. The number of anilines is 1. The average Bonchev–Trinajstić information content (AvgIpc) is 3.24. The molecular weight excluding hydrogens is 444 g/mol. The molecule has 4 rings (SSSR count). The number of urea groups is 1. The van der Waals surface area contributed by atoms with E-state index in [-0.39, 0.29) is 18.5 Å². The maximum absolute atomic E-state index is 13.0. The number of hydrogen-bond donors (Lipinski definition) is 0. The smallest absolute Gasteiger partial charge is 0.325 e. The first kappa shape index (κ1) is 24.9. The van der Waals surface area contributed by atoms with Crippen molar-refractivity contribution in [3.8, 4) is 11.5 Å². The Morgan fingerprint density at radius 2 is 1.63 bits per heavy atom. The molecular formula is C27H36N4O4. The number of piperazine rings is 1. The first-order chi connectivity index (χ1) is 16.9. The fourth-order valence-electron chi connectivity index (χ4n) is 4.67. The van der Waals surface area contributed by atoms with Crippen LogP contribution in [0.5, 0.6) is 11.5 Å². The van der Waals surface area contributed by atoms with Crippen molar-refractivity contribution in [2.45, 2.75) is 26.3 Å². The van der Waals surface area contributed by atoms with Gasteiger partial charge in [0.1, 0.15) is 18.0 Å². The fraction of sp³-hybridized carbons (Fsp3) is 0.481. The summed E-state index contributed by atoms with van der Waals surface area (Å²) in [7, 11) is 3.33. The lowest BCUT2D eigenvalue weighted by atomic mass is 10.0. The molecule has 2 aromatic carbocycles. The Kier molecular flexibility index (Phi) is 7.80. The van der Waals surface area contributed by atoms with Crippen molar-refractivity contribution in [2.24, 2.45) is 0 Å². The fourth-order valence-corrected chi connectivity index (χ4v) is 4.67. The van der Waals surface area contributed by atoms with Gasteiger partial charge in [-0.2, -0.15) is 0 Å². The van der Waals surface area contributed by atoms with Gasteiger partial charge in [-0.1, -0.05) is 26.0 Å². The van der Waals surface area contributed by atoms with Crippen LogP contribution in [0.4, 0.5) is 10.5 Å². The number of amides is 3. The van der Waals surface area contributed by atoms with Crippen molar-refractivity contribution in [3.05, 3.63) is 53.6 Å². The molecule has 0 aliphatic carbocycles. The SMILES string of the molecule is COc1ccc(OC)c(CN2CCN(C(=O)CN3CCN(c4ccc(C(C)C)cc4)C3=O)CC2)c1. The molecule has 8 nitrogen and oxygen atoms in total. The van der Waals surface area contributed by atoms with Crippen molar-refractivity contribution in [3.63, 3.8) is 0 Å². The molecule has 2 saturated heterocycles. The van der Waals surface area contributed by atoms with E-state index in [2.05, 4.69) is 30.9 Å². The standard InChI is InChI=1S/C27H36N4O4/c1-20(2)21-5-7-23(8-6-21)31-16-15-30(27(31)33)19-26(32)29-13-11-28(12-14-29)18-22-17-24(34-3)9-10-25(22)35-4/h5-10,17,20H,11-16,18-19H2,1-4H3. The zero-order chi connectivity index (χ0) is 24.9. The summed E-state index contributed by atoms with van der Waals surface area (Å²) < 4.78 is 10.9. The number of carbonyl (C=O) groups is 2. The van der Waals surface area contributed by atoms with Gasteiger partial charge in [0.2, 0.25) is 5.91 Å². The molecule has 0 N–H and O–H groups in total. The van der Waals surface area contributed by atoms with Crippen LogP contribution in [-0.4, -0.2) is 86.7 Å². The second-order valence-electron chi connectivity index (χ2n) is 9.44. The number of methoxy groups -OCH3 is 2. The summed E-state index contributed by atoms with van der Waals surface area (Å²) in [6.45, 7) is 9.16. The normalized spacial score (nSPS) is 16.8. The van der Waals surface area contributed by atoms with Crippen molar-refractivity contribution >= 4 is 17.6 Å². The molecule has 0 spiro atoms. The molecule has 0 bridgehead atoms. The molecule has 0 atom stereocenters. The van der Waals surface area contributed by atoms with Gasteiger partial charge in [-0.3, -0.25) is 14.6 Å². The van der Waals surface area contributed by atoms with Gasteiger partial charge in [0, 0.05) is 57.1 Å². The zero-order valence-corrected chi connectivity index (χ0v) is 21.2. The quantitative estimate of drug-likeness (QED) is 0.579. The lowest BCUT2D eigenvalue weighted by molar-refractivity contribution is -0.133. The molecule has 2 aliphatic rings. The molecule has 2 aromatic rings. The Bertz CT molecular complexity index is 1030. The van der Waals surface area contributed by atoms with E-state index in [0.717, 1.165) is 42.4 Å². The van der Waals surface area contributed by atoms with Crippen LogP contribution in [0.25, 0.3) is 0 Å². The van der Waals surface area contributed by atoms with Gasteiger partial charge in [-0.15, -0.1) is 0 Å². The van der Waals surface area contributed by atoms with E-state index in [1.54, 1.807) is 24.0 Å². The third kappa shape index (κ3) is 5.70. The first-order valence-electron chi connectivity index (χ1n) is 12.3. The summed E-state index contributed by atoms with van der Waals surface area (Å²) in [6.07, 6.45) is 0. The van der Waals surface area contributed by atoms with Crippen LogP contribution in [-0.2, 0) is 11.3 Å². The molecule has 0 aromatic heterocycles. The Morgan fingerprint density at radius 1 is 0.914 bits per heavy atom. The first-order valence-corrected chi connectivity index (χ1v) is 12.3.